The summed E-state index contributed by atoms with van der Waals surface area (Å²) in [6.07, 6.45) is 0. The average molecular weight is 469 g/mol. The van der Waals surface area contributed by atoms with Crippen molar-refractivity contribution in [1.82, 2.24) is 20.1 Å². The van der Waals surface area contributed by atoms with E-state index in [9.17, 15) is 9.59 Å². The van der Waals surface area contributed by atoms with Gasteiger partial charge in [-0.1, -0.05) is 23.9 Å². The Hall–Kier alpha value is -3.33. The Bertz CT molecular complexity index is 1130. The van der Waals surface area contributed by atoms with Crippen LogP contribution in [-0.4, -0.2) is 45.6 Å². The number of esters is 1. The molecule has 2 aromatic carbocycles. The van der Waals surface area contributed by atoms with E-state index in [1.165, 1.54) is 11.8 Å². The zero-order valence-corrected chi connectivity index (χ0v) is 20.2. The van der Waals surface area contributed by atoms with Gasteiger partial charge in [0.05, 0.1) is 25.9 Å². The number of nitrogens with zero attached hydrogens (tertiary/aromatic N) is 3. The molecule has 1 amide bonds. The van der Waals surface area contributed by atoms with Crippen LogP contribution >= 0.6 is 11.8 Å². The molecule has 0 aliphatic carbocycles. The van der Waals surface area contributed by atoms with Crippen molar-refractivity contribution in [2.75, 3.05) is 13.7 Å². The molecule has 1 heterocycles. The summed E-state index contributed by atoms with van der Waals surface area (Å²) in [7, 11) is 1.58. The van der Waals surface area contributed by atoms with E-state index >= 15 is 0 Å². The van der Waals surface area contributed by atoms with Crippen molar-refractivity contribution in [1.29, 1.82) is 0 Å². The topological polar surface area (TPSA) is 95.3 Å². The van der Waals surface area contributed by atoms with Crippen LogP contribution in [0.4, 0.5) is 0 Å². The minimum absolute atomic E-state index is 0.166. The third-order valence-corrected chi connectivity index (χ3v) is 5.99. The summed E-state index contributed by atoms with van der Waals surface area (Å²) in [5.74, 6) is 0.692. The third-order valence-electron chi connectivity index (χ3n) is 4.97. The number of hydrogen-bond donors (Lipinski definition) is 1. The molecule has 0 bridgehead atoms. The van der Waals surface area contributed by atoms with Crippen LogP contribution in [0.15, 0.2) is 47.6 Å². The van der Waals surface area contributed by atoms with Crippen LogP contribution in [0.2, 0.25) is 0 Å². The third kappa shape index (κ3) is 5.92. The first-order chi connectivity index (χ1) is 15.8. The number of aryl methyl sites for hydroxylation is 2. The molecule has 1 unspecified atom stereocenters. The van der Waals surface area contributed by atoms with Gasteiger partial charge in [0.25, 0.3) is 5.91 Å². The molecule has 1 aromatic heterocycles. The predicted octanol–water partition coefficient (Wildman–Crippen LogP) is 3.87. The highest BCUT2D eigenvalue weighted by atomic mass is 32.2. The molecule has 3 aromatic rings. The van der Waals surface area contributed by atoms with Crippen LogP contribution in [0.25, 0.3) is 5.69 Å². The van der Waals surface area contributed by atoms with E-state index in [1.807, 2.05) is 36.6 Å². The van der Waals surface area contributed by atoms with Gasteiger partial charge in [-0.3, -0.25) is 14.2 Å². The van der Waals surface area contributed by atoms with Gasteiger partial charge in [0, 0.05) is 5.56 Å². The molecule has 0 fully saturated rings. The zero-order valence-electron chi connectivity index (χ0n) is 19.4. The number of methoxy groups -OCH3 is 1. The van der Waals surface area contributed by atoms with Crippen molar-refractivity contribution >= 4 is 23.6 Å². The lowest BCUT2D eigenvalue weighted by Gasteiger charge is -2.15. The molecule has 0 saturated carbocycles. The summed E-state index contributed by atoms with van der Waals surface area (Å²) in [5, 5.41) is 11.6. The Morgan fingerprint density at radius 2 is 1.85 bits per heavy atom. The number of amides is 1. The van der Waals surface area contributed by atoms with Gasteiger partial charge in [-0.25, -0.2) is 0 Å². The molecule has 0 radical (unpaired) electrons. The van der Waals surface area contributed by atoms with Gasteiger partial charge in [-0.2, -0.15) is 0 Å². The maximum absolute atomic E-state index is 12.7. The lowest BCUT2D eigenvalue weighted by Crippen LogP contribution is -2.25. The van der Waals surface area contributed by atoms with Gasteiger partial charge >= 0.3 is 5.97 Å². The molecular formula is C24H28N4O4S. The quantitative estimate of drug-likeness (QED) is 0.376. The van der Waals surface area contributed by atoms with Crippen molar-refractivity contribution < 1.29 is 19.1 Å². The Kier molecular flexibility index (Phi) is 8.11. The van der Waals surface area contributed by atoms with Gasteiger partial charge < -0.3 is 14.8 Å². The Morgan fingerprint density at radius 1 is 1.12 bits per heavy atom. The molecule has 3 rings (SSSR count). The standard InChI is InChI=1S/C24H28N4O4S/c1-6-32-23(30)17(4)33-24-27-26-21(28(24)20-13-15(2)7-8-16(20)3)14-25-22(29)18-9-11-19(31-5)12-10-18/h7-13,17H,6,14H2,1-5H3,(H,25,29). The predicted molar refractivity (Wildman–Crippen MR) is 127 cm³/mol. The van der Waals surface area contributed by atoms with Crippen molar-refractivity contribution in [3.63, 3.8) is 0 Å². The van der Waals surface area contributed by atoms with E-state index in [4.69, 9.17) is 9.47 Å². The number of benzene rings is 2. The Labute approximate surface area is 197 Å². The largest absolute Gasteiger partial charge is 0.497 e. The number of carbonyl (C=O) groups is 2. The van der Waals surface area contributed by atoms with Gasteiger partial charge in [0.1, 0.15) is 11.0 Å². The van der Waals surface area contributed by atoms with Crippen LogP contribution in [0.5, 0.6) is 5.75 Å². The molecule has 0 spiro atoms. The number of nitrogens with one attached hydrogen (secondary N) is 1. The molecule has 33 heavy (non-hydrogen) atoms. The van der Waals surface area contributed by atoms with E-state index in [2.05, 4.69) is 15.5 Å². The molecule has 0 saturated heterocycles. The number of aromatic nitrogens is 3. The Balaban J connectivity index is 1.89. The first kappa shape index (κ1) is 24.3. The number of rotatable bonds is 9. The van der Waals surface area contributed by atoms with E-state index in [0.717, 1.165) is 16.8 Å². The van der Waals surface area contributed by atoms with E-state index < -0.39 is 5.25 Å². The lowest BCUT2D eigenvalue weighted by molar-refractivity contribution is -0.142. The van der Waals surface area contributed by atoms with E-state index in [-0.39, 0.29) is 18.4 Å². The van der Waals surface area contributed by atoms with Gasteiger partial charge in [-0.05, 0) is 69.2 Å². The molecule has 9 heteroatoms. The highest BCUT2D eigenvalue weighted by molar-refractivity contribution is 8.00. The number of hydrogen-bond acceptors (Lipinski definition) is 7. The molecular weight excluding hydrogens is 440 g/mol. The number of carbonyl (C=O) groups excluding carboxylic acids is 2. The van der Waals surface area contributed by atoms with Crippen molar-refractivity contribution in [3.05, 3.63) is 65.0 Å². The smallest absolute Gasteiger partial charge is 0.319 e. The van der Waals surface area contributed by atoms with Crippen molar-refractivity contribution in [2.24, 2.45) is 0 Å². The highest BCUT2D eigenvalue weighted by Gasteiger charge is 2.23. The minimum atomic E-state index is -0.459. The molecule has 8 nitrogen and oxygen atoms in total. The molecule has 0 aliphatic rings. The average Bonchev–Trinajstić information content (AvgIpc) is 3.21. The number of ether oxygens (including phenoxy) is 2. The van der Waals surface area contributed by atoms with Gasteiger partial charge in [0.15, 0.2) is 11.0 Å². The van der Waals surface area contributed by atoms with Gasteiger partial charge in [-0.15, -0.1) is 10.2 Å². The molecule has 1 N–H and O–H groups in total. The first-order valence-corrected chi connectivity index (χ1v) is 11.5. The number of thioether (sulfide) groups is 1. The maximum atomic E-state index is 12.7. The monoisotopic (exact) mass is 468 g/mol. The SMILES string of the molecule is CCOC(=O)C(C)Sc1nnc(CNC(=O)c2ccc(OC)cc2)n1-c1cc(C)ccc1C. The normalized spacial score (nSPS) is 11.7. The first-order valence-electron chi connectivity index (χ1n) is 10.6. The molecule has 174 valence electrons. The van der Waals surface area contributed by atoms with Crippen LogP contribution in [0.1, 0.15) is 41.2 Å². The summed E-state index contributed by atoms with van der Waals surface area (Å²) < 4.78 is 12.2. The summed E-state index contributed by atoms with van der Waals surface area (Å²) in [4.78, 5) is 24.8. The minimum Gasteiger partial charge on any atom is -0.497 e. The molecule has 0 aliphatic heterocycles. The summed E-state index contributed by atoms with van der Waals surface area (Å²) in [5.41, 5.74) is 3.51. The van der Waals surface area contributed by atoms with Crippen LogP contribution in [0.3, 0.4) is 0 Å². The van der Waals surface area contributed by atoms with Gasteiger partial charge in [0.2, 0.25) is 0 Å². The summed E-state index contributed by atoms with van der Waals surface area (Å²) in [6.45, 7) is 8.03. The highest BCUT2D eigenvalue weighted by Crippen LogP contribution is 2.28. The second kappa shape index (κ2) is 11.0. The zero-order chi connectivity index (χ0) is 24.0. The fourth-order valence-corrected chi connectivity index (χ4v) is 4.04. The van der Waals surface area contributed by atoms with Crippen LogP contribution < -0.4 is 10.1 Å². The second-order valence-electron chi connectivity index (χ2n) is 7.45. The summed E-state index contributed by atoms with van der Waals surface area (Å²) in [6, 6.07) is 13.0. The summed E-state index contributed by atoms with van der Waals surface area (Å²) >= 11 is 1.27. The second-order valence-corrected chi connectivity index (χ2v) is 8.76. The van der Waals surface area contributed by atoms with E-state index in [1.54, 1.807) is 45.2 Å². The maximum Gasteiger partial charge on any atom is 0.319 e. The van der Waals surface area contributed by atoms with Crippen molar-refractivity contribution in [3.8, 4) is 11.4 Å². The fourth-order valence-electron chi connectivity index (χ4n) is 3.16. The van der Waals surface area contributed by atoms with Crippen LogP contribution in [0, 0.1) is 13.8 Å². The lowest BCUT2D eigenvalue weighted by atomic mass is 10.1. The Morgan fingerprint density at radius 3 is 2.52 bits per heavy atom. The van der Waals surface area contributed by atoms with E-state index in [0.29, 0.717) is 28.9 Å². The molecule has 1 atom stereocenters. The fraction of sp³-hybridized carbons (Fsp3) is 0.333. The van der Waals surface area contributed by atoms with Crippen LogP contribution in [-0.2, 0) is 16.1 Å². The van der Waals surface area contributed by atoms with Crippen molar-refractivity contribution in [2.45, 2.75) is 44.6 Å².